The monoisotopic (exact) mass is 437 g/mol. The van der Waals surface area contributed by atoms with Crippen LogP contribution in [-0.2, 0) is 11.3 Å². The summed E-state index contributed by atoms with van der Waals surface area (Å²) in [5.74, 6) is 1.47. The summed E-state index contributed by atoms with van der Waals surface area (Å²) in [5, 5.41) is 15.3. The minimum atomic E-state index is -0.372. The maximum Gasteiger partial charge on any atom is 0.227 e. The van der Waals surface area contributed by atoms with Crippen LogP contribution in [0.15, 0.2) is 54.6 Å². The van der Waals surface area contributed by atoms with Crippen LogP contribution in [0.1, 0.15) is 36.6 Å². The van der Waals surface area contributed by atoms with E-state index in [0.29, 0.717) is 25.6 Å². The summed E-state index contributed by atoms with van der Waals surface area (Å²) in [6.07, 6.45) is 1.35. The van der Waals surface area contributed by atoms with Crippen molar-refractivity contribution in [1.29, 1.82) is 0 Å². The Morgan fingerprint density at radius 2 is 1.78 bits per heavy atom. The van der Waals surface area contributed by atoms with Gasteiger partial charge in [0.15, 0.2) is 0 Å². The molecule has 0 spiro atoms. The molecule has 6 nitrogen and oxygen atoms in total. The Morgan fingerprint density at radius 3 is 2.44 bits per heavy atom. The number of benzene rings is 2. The van der Waals surface area contributed by atoms with E-state index >= 15 is 0 Å². The van der Waals surface area contributed by atoms with Gasteiger partial charge in [-0.05, 0) is 44.5 Å². The number of aliphatic hydroxyl groups excluding tert-OH is 1. The van der Waals surface area contributed by atoms with E-state index < -0.39 is 0 Å². The highest BCUT2D eigenvalue weighted by atomic mass is 16.5. The predicted molar refractivity (Wildman–Crippen MR) is 128 cm³/mol. The molecule has 0 radical (unpaired) electrons. The second kappa shape index (κ2) is 11.8. The smallest absolute Gasteiger partial charge is 0.227 e. The van der Waals surface area contributed by atoms with Crippen molar-refractivity contribution in [3.8, 4) is 17.3 Å². The molecule has 0 fully saturated rings. The third-order valence-electron chi connectivity index (χ3n) is 5.46. The SMILES string of the molecule is CCC[C@H](O)CN(CCOC)Cc1c(C)nn(-c2ccccc2)c1Oc1ccc(C)cc1. The van der Waals surface area contributed by atoms with Crippen molar-refractivity contribution < 1.29 is 14.6 Å². The van der Waals surface area contributed by atoms with E-state index in [1.54, 1.807) is 7.11 Å². The van der Waals surface area contributed by atoms with Crippen LogP contribution in [0.5, 0.6) is 11.6 Å². The number of aliphatic hydroxyl groups is 1. The summed E-state index contributed by atoms with van der Waals surface area (Å²) >= 11 is 0. The van der Waals surface area contributed by atoms with E-state index in [4.69, 9.17) is 14.6 Å². The molecule has 0 saturated carbocycles. The first kappa shape index (κ1) is 24.0. The van der Waals surface area contributed by atoms with Gasteiger partial charge in [-0.3, -0.25) is 4.90 Å². The summed E-state index contributed by atoms with van der Waals surface area (Å²) in [6, 6.07) is 18.0. The van der Waals surface area contributed by atoms with E-state index in [1.807, 2.05) is 66.2 Å². The number of methoxy groups -OCH3 is 1. The molecule has 1 N–H and O–H groups in total. The van der Waals surface area contributed by atoms with Crippen LogP contribution in [0.3, 0.4) is 0 Å². The third kappa shape index (κ3) is 6.42. The molecule has 6 heteroatoms. The molecule has 1 atom stereocenters. The molecule has 3 aromatic rings. The highest BCUT2D eigenvalue weighted by molar-refractivity contribution is 5.43. The molecule has 0 amide bonds. The van der Waals surface area contributed by atoms with E-state index in [1.165, 1.54) is 5.56 Å². The summed E-state index contributed by atoms with van der Waals surface area (Å²) in [4.78, 5) is 2.21. The second-order valence-electron chi connectivity index (χ2n) is 8.20. The van der Waals surface area contributed by atoms with Gasteiger partial charge in [-0.2, -0.15) is 5.10 Å². The van der Waals surface area contributed by atoms with Crippen molar-refractivity contribution >= 4 is 0 Å². The third-order valence-corrected chi connectivity index (χ3v) is 5.46. The molecular formula is C26H35N3O3. The zero-order chi connectivity index (χ0) is 22.9. The van der Waals surface area contributed by atoms with E-state index in [-0.39, 0.29) is 6.10 Å². The van der Waals surface area contributed by atoms with Crippen molar-refractivity contribution in [3.05, 3.63) is 71.4 Å². The first-order chi connectivity index (χ1) is 15.5. The Labute approximate surface area is 191 Å². The van der Waals surface area contributed by atoms with Gasteiger partial charge in [-0.1, -0.05) is 49.2 Å². The standard InChI is InChI=1S/C26H35N3O3/c1-5-9-23(30)18-28(16-17-31-4)19-25-21(3)27-29(22-10-7-6-8-11-22)26(25)32-24-14-12-20(2)13-15-24/h6-8,10-15,23,30H,5,9,16-19H2,1-4H3/t23-/m0/s1. The van der Waals surface area contributed by atoms with Gasteiger partial charge in [0, 0.05) is 26.7 Å². The van der Waals surface area contributed by atoms with Crippen LogP contribution < -0.4 is 4.74 Å². The molecule has 0 saturated heterocycles. The molecule has 32 heavy (non-hydrogen) atoms. The molecule has 1 aromatic heterocycles. The zero-order valence-corrected chi connectivity index (χ0v) is 19.6. The van der Waals surface area contributed by atoms with Gasteiger partial charge in [0.2, 0.25) is 5.88 Å². The van der Waals surface area contributed by atoms with E-state index in [2.05, 4.69) is 18.7 Å². The van der Waals surface area contributed by atoms with Crippen LogP contribution >= 0.6 is 0 Å². The highest BCUT2D eigenvalue weighted by Crippen LogP contribution is 2.31. The summed E-state index contributed by atoms with van der Waals surface area (Å²) in [7, 11) is 1.70. The van der Waals surface area contributed by atoms with Crippen molar-refractivity contribution in [3.63, 3.8) is 0 Å². The fourth-order valence-corrected chi connectivity index (χ4v) is 3.69. The van der Waals surface area contributed by atoms with Crippen LogP contribution in [0.25, 0.3) is 5.69 Å². The Bertz CT molecular complexity index is 954. The molecule has 0 aliphatic rings. The number of nitrogens with zero attached hydrogens (tertiary/aromatic N) is 3. The summed E-state index contributed by atoms with van der Waals surface area (Å²) in [5.41, 5.74) is 4.04. The number of aromatic nitrogens is 2. The van der Waals surface area contributed by atoms with Crippen molar-refractivity contribution in [2.75, 3.05) is 26.8 Å². The van der Waals surface area contributed by atoms with Gasteiger partial charge >= 0.3 is 0 Å². The minimum absolute atomic E-state index is 0.372. The minimum Gasteiger partial charge on any atom is -0.439 e. The lowest BCUT2D eigenvalue weighted by Crippen LogP contribution is -2.34. The lowest BCUT2D eigenvalue weighted by Gasteiger charge is -2.25. The van der Waals surface area contributed by atoms with Crippen molar-refractivity contribution in [2.45, 2.75) is 46.3 Å². The van der Waals surface area contributed by atoms with E-state index in [9.17, 15) is 5.11 Å². The first-order valence-corrected chi connectivity index (χ1v) is 11.3. The molecule has 1 heterocycles. The molecule has 172 valence electrons. The van der Waals surface area contributed by atoms with Gasteiger partial charge < -0.3 is 14.6 Å². The number of rotatable bonds is 12. The average molecular weight is 438 g/mol. The van der Waals surface area contributed by atoms with Crippen molar-refractivity contribution in [1.82, 2.24) is 14.7 Å². The van der Waals surface area contributed by atoms with Crippen LogP contribution in [0, 0.1) is 13.8 Å². The Kier molecular flexibility index (Phi) is 8.85. The maximum absolute atomic E-state index is 10.4. The fraction of sp³-hybridized carbons (Fsp3) is 0.423. The first-order valence-electron chi connectivity index (χ1n) is 11.3. The number of para-hydroxylation sites is 1. The van der Waals surface area contributed by atoms with Gasteiger partial charge in [-0.25, -0.2) is 4.68 Å². The van der Waals surface area contributed by atoms with Crippen LogP contribution in [-0.4, -0.2) is 52.7 Å². The van der Waals surface area contributed by atoms with Gasteiger partial charge in [-0.15, -0.1) is 0 Å². The molecular weight excluding hydrogens is 402 g/mol. The molecule has 3 rings (SSSR count). The summed E-state index contributed by atoms with van der Waals surface area (Å²) < 4.78 is 13.6. The van der Waals surface area contributed by atoms with Crippen molar-refractivity contribution in [2.24, 2.45) is 0 Å². The lowest BCUT2D eigenvalue weighted by molar-refractivity contribution is 0.0795. The molecule has 2 aromatic carbocycles. The molecule has 0 bridgehead atoms. The Morgan fingerprint density at radius 1 is 1.06 bits per heavy atom. The quantitative estimate of drug-likeness (QED) is 0.437. The van der Waals surface area contributed by atoms with Crippen LogP contribution in [0.2, 0.25) is 0 Å². The van der Waals surface area contributed by atoms with Crippen LogP contribution in [0.4, 0.5) is 0 Å². The number of ether oxygens (including phenoxy) is 2. The topological polar surface area (TPSA) is 59.8 Å². The average Bonchev–Trinajstić information content (AvgIpc) is 3.09. The number of hydrogen-bond donors (Lipinski definition) is 1. The highest BCUT2D eigenvalue weighted by Gasteiger charge is 2.22. The number of aryl methyl sites for hydroxylation is 2. The van der Waals surface area contributed by atoms with Gasteiger partial charge in [0.05, 0.1) is 29.7 Å². The largest absolute Gasteiger partial charge is 0.439 e. The fourth-order valence-electron chi connectivity index (χ4n) is 3.69. The maximum atomic E-state index is 10.4. The van der Waals surface area contributed by atoms with E-state index in [0.717, 1.165) is 42.1 Å². The molecule has 0 aliphatic heterocycles. The second-order valence-corrected chi connectivity index (χ2v) is 8.20. The lowest BCUT2D eigenvalue weighted by atomic mass is 10.1. The van der Waals surface area contributed by atoms with Gasteiger partial charge in [0.25, 0.3) is 0 Å². The Balaban J connectivity index is 1.97. The molecule has 0 unspecified atom stereocenters. The van der Waals surface area contributed by atoms with Gasteiger partial charge in [0.1, 0.15) is 5.75 Å². The predicted octanol–water partition coefficient (Wildman–Crippen LogP) is 4.89. The molecule has 0 aliphatic carbocycles. The zero-order valence-electron chi connectivity index (χ0n) is 19.6. The Hall–Kier alpha value is -2.67. The normalized spacial score (nSPS) is 12.3. The summed E-state index contributed by atoms with van der Waals surface area (Å²) in [6.45, 7) is 8.66. The number of hydrogen-bond acceptors (Lipinski definition) is 5.